The van der Waals surface area contributed by atoms with Crippen molar-refractivity contribution in [1.82, 2.24) is 5.32 Å². The number of nitrogens with one attached hydrogen (secondary N) is 1. The minimum absolute atomic E-state index is 0.167. The number of carbonyl (C=O) groups excluding carboxylic acids is 2. The number of hydrogen-bond acceptors (Lipinski definition) is 4. The Morgan fingerprint density at radius 3 is 2.38 bits per heavy atom. The summed E-state index contributed by atoms with van der Waals surface area (Å²) < 4.78 is 11.2. The lowest BCUT2D eigenvalue weighted by atomic mass is 10.0. The molecule has 1 amide bonds. The van der Waals surface area contributed by atoms with Crippen molar-refractivity contribution in [3.05, 3.63) is 63.6 Å². The molecule has 0 radical (unpaired) electrons. The highest BCUT2D eigenvalue weighted by Gasteiger charge is 2.13. The van der Waals surface area contributed by atoms with Gasteiger partial charge < -0.3 is 14.8 Å². The fourth-order valence-electron chi connectivity index (χ4n) is 2.26. The van der Waals surface area contributed by atoms with E-state index in [2.05, 4.69) is 21.2 Å². The Labute approximate surface area is 161 Å². The Morgan fingerprint density at radius 2 is 1.73 bits per heavy atom. The molecule has 0 aliphatic heterocycles. The lowest BCUT2D eigenvalue weighted by Crippen LogP contribution is -2.32. The molecule has 0 heterocycles. The molecule has 0 unspecified atom stereocenters. The van der Waals surface area contributed by atoms with Crippen LogP contribution in [0.25, 0.3) is 0 Å². The molecule has 26 heavy (non-hydrogen) atoms. The Bertz CT molecular complexity index is 774. The van der Waals surface area contributed by atoms with Gasteiger partial charge in [-0.05, 0) is 61.7 Å². The van der Waals surface area contributed by atoms with Crippen LogP contribution in [0.4, 0.5) is 0 Å². The van der Waals surface area contributed by atoms with Crippen molar-refractivity contribution in [2.24, 2.45) is 0 Å². The molecular weight excluding hydrogens is 398 g/mol. The third-order valence-corrected chi connectivity index (χ3v) is 4.47. The summed E-state index contributed by atoms with van der Waals surface area (Å²) in [5, 5.41) is 2.82. The van der Waals surface area contributed by atoms with E-state index in [0.717, 1.165) is 10.0 Å². The third-order valence-electron chi connectivity index (χ3n) is 3.94. The van der Waals surface area contributed by atoms with Gasteiger partial charge in [-0.3, -0.25) is 4.79 Å². The maximum Gasteiger partial charge on any atom is 0.344 e. The maximum atomic E-state index is 12.0. The minimum Gasteiger partial charge on any atom is -0.482 e. The fourth-order valence-corrected chi connectivity index (χ4v) is 2.53. The van der Waals surface area contributed by atoms with Crippen molar-refractivity contribution in [1.29, 1.82) is 0 Å². The van der Waals surface area contributed by atoms with Gasteiger partial charge >= 0.3 is 5.97 Å². The number of hydrogen-bond donors (Lipinski definition) is 1. The molecule has 0 fully saturated rings. The van der Waals surface area contributed by atoms with Gasteiger partial charge in [0, 0.05) is 4.47 Å². The van der Waals surface area contributed by atoms with Crippen LogP contribution in [0, 0.1) is 13.8 Å². The molecule has 138 valence electrons. The van der Waals surface area contributed by atoms with E-state index in [1.165, 1.54) is 11.1 Å². The van der Waals surface area contributed by atoms with Crippen molar-refractivity contribution in [3.8, 4) is 5.75 Å². The number of benzene rings is 2. The van der Waals surface area contributed by atoms with E-state index in [-0.39, 0.29) is 25.2 Å². The predicted molar refractivity (Wildman–Crippen MR) is 103 cm³/mol. The monoisotopic (exact) mass is 419 g/mol. The second-order valence-electron chi connectivity index (χ2n) is 6.04. The molecule has 0 aliphatic rings. The first-order valence-corrected chi connectivity index (χ1v) is 9.05. The largest absolute Gasteiger partial charge is 0.482 e. The minimum atomic E-state index is -0.595. The number of rotatable bonds is 7. The summed E-state index contributed by atoms with van der Waals surface area (Å²) in [5.41, 5.74) is 3.37. The van der Waals surface area contributed by atoms with E-state index in [4.69, 9.17) is 9.47 Å². The number of amides is 1. The van der Waals surface area contributed by atoms with Gasteiger partial charge in [0.05, 0.1) is 6.04 Å². The molecular formula is C20H22BrNO4. The van der Waals surface area contributed by atoms with Crippen LogP contribution in [-0.2, 0) is 14.3 Å². The predicted octanol–water partition coefficient (Wildman–Crippen LogP) is 3.87. The van der Waals surface area contributed by atoms with Crippen LogP contribution >= 0.6 is 15.9 Å². The van der Waals surface area contributed by atoms with Gasteiger partial charge in [-0.2, -0.15) is 0 Å². The fraction of sp³-hybridized carbons (Fsp3) is 0.300. The highest BCUT2D eigenvalue weighted by Crippen LogP contribution is 2.17. The van der Waals surface area contributed by atoms with E-state index < -0.39 is 5.97 Å². The summed E-state index contributed by atoms with van der Waals surface area (Å²) in [4.78, 5) is 23.6. The van der Waals surface area contributed by atoms with Crippen LogP contribution in [0.15, 0.2) is 46.9 Å². The van der Waals surface area contributed by atoms with Crippen molar-refractivity contribution in [2.45, 2.75) is 26.8 Å². The number of aryl methyl sites for hydroxylation is 2. The second-order valence-corrected chi connectivity index (χ2v) is 6.95. The number of carbonyl (C=O) groups is 2. The highest BCUT2D eigenvalue weighted by atomic mass is 79.9. The average Bonchev–Trinajstić information content (AvgIpc) is 2.61. The normalized spacial score (nSPS) is 11.5. The molecule has 2 aromatic rings. The zero-order valence-corrected chi connectivity index (χ0v) is 16.6. The number of esters is 1. The third kappa shape index (κ3) is 6.19. The molecule has 5 nitrogen and oxygen atoms in total. The molecule has 0 bridgehead atoms. The highest BCUT2D eigenvalue weighted by molar-refractivity contribution is 9.10. The van der Waals surface area contributed by atoms with Crippen LogP contribution in [0.1, 0.15) is 29.7 Å². The van der Waals surface area contributed by atoms with Gasteiger partial charge in [0.2, 0.25) is 0 Å². The zero-order valence-electron chi connectivity index (χ0n) is 15.0. The first-order chi connectivity index (χ1) is 12.3. The van der Waals surface area contributed by atoms with Gasteiger partial charge in [0.15, 0.2) is 13.2 Å². The molecule has 0 saturated carbocycles. The summed E-state index contributed by atoms with van der Waals surface area (Å²) in [5.74, 6) is -0.396. The van der Waals surface area contributed by atoms with Gasteiger partial charge in [-0.25, -0.2) is 4.79 Å². The zero-order chi connectivity index (χ0) is 19.1. The van der Waals surface area contributed by atoms with E-state index >= 15 is 0 Å². The average molecular weight is 420 g/mol. The quantitative estimate of drug-likeness (QED) is 0.691. The molecule has 2 rings (SSSR count). The number of halogens is 1. The van der Waals surface area contributed by atoms with E-state index in [0.29, 0.717) is 5.75 Å². The molecule has 0 saturated heterocycles. The van der Waals surface area contributed by atoms with Crippen LogP contribution in [-0.4, -0.2) is 25.1 Å². The van der Waals surface area contributed by atoms with Crippen LogP contribution in [0.2, 0.25) is 0 Å². The Hall–Kier alpha value is -2.34. The Kier molecular flexibility index (Phi) is 7.21. The lowest BCUT2D eigenvalue weighted by molar-refractivity contribution is -0.150. The molecule has 1 atom stereocenters. The van der Waals surface area contributed by atoms with Crippen LogP contribution in [0.3, 0.4) is 0 Å². The van der Waals surface area contributed by atoms with Crippen LogP contribution in [0.5, 0.6) is 5.75 Å². The molecule has 0 spiro atoms. The molecule has 0 aliphatic carbocycles. The maximum absolute atomic E-state index is 12.0. The summed E-state index contributed by atoms with van der Waals surface area (Å²) >= 11 is 3.32. The first kappa shape index (κ1) is 20.0. The van der Waals surface area contributed by atoms with Crippen molar-refractivity contribution >= 4 is 27.8 Å². The summed E-state index contributed by atoms with van der Waals surface area (Å²) in [6.07, 6.45) is 0. The SMILES string of the molecule is Cc1ccc([C@@H](C)NC(=O)COC(=O)COc2ccc(Br)cc2)cc1C. The topological polar surface area (TPSA) is 64.6 Å². The summed E-state index contributed by atoms with van der Waals surface area (Å²) in [7, 11) is 0. The second kappa shape index (κ2) is 9.38. The standard InChI is InChI=1S/C20H22BrNO4/c1-13-4-5-16(10-14(13)2)15(3)22-19(23)11-26-20(24)12-25-18-8-6-17(21)7-9-18/h4-10,15H,11-12H2,1-3H3,(H,22,23)/t15-/m1/s1. The van der Waals surface area contributed by atoms with E-state index in [9.17, 15) is 9.59 Å². The van der Waals surface area contributed by atoms with E-state index in [1.54, 1.807) is 12.1 Å². The van der Waals surface area contributed by atoms with E-state index in [1.807, 2.05) is 51.1 Å². The van der Waals surface area contributed by atoms with Crippen LogP contribution < -0.4 is 10.1 Å². The molecule has 2 aromatic carbocycles. The molecule has 6 heteroatoms. The van der Waals surface area contributed by atoms with Gasteiger partial charge in [0.25, 0.3) is 5.91 Å². The van der Waals surface area contributed by atoms with Crippen molar-refractivity contribution in [3.63, 3.8) is 0 Å². The van der Waals surface area contributed by atoms with Crippen molar-refractivity contribution in [2.75, 3.05) is 13.2 Å². The summed E-state index contributed by atoms with van der Waals surface area (Å²) in [6, 6.07) is 12.9. The Morgan fingerprint density at radius 1 is 1.04 bits per heavy atom. The smallest absolute Gasteiger partial charge is 0.344 e. The molecule has 1 N–H and O–H groups in total. The van der Waals surface area contributed by atoms with Crippen molar-refractivity contribution < 1.29 is 19.1 Å². The Balaban J connectivity index is 1.74. The number of ether oxygens (including phenoxy) is 2. The molecule has 0 aromatic heterocycles. The first-order valence-electron chi connectivity index (χ1n) is 8.25. The van der Waals surface area contributed by atoms with Gasteiger partial charge in [0.1, 0.15) is 5.75 Å². The summed E-state index contributed by atoms with van der Waals surface area (Å²) in [6.45, 7) is 5.37. The van der Waals surface area contributed by atoms with Gasteiger partial charge in [-0.1, -0.05) is 34.1 Å². The van der Waals surface area contributed by atoms with Gasteiger partial charge in [-0.15, -0.1) is 0 Å². The lowest BCUT2D eigenvalue weighted by Gasteiger charge is -2.16.